The molecule has 120 valence electrons. The maximum atomic E-state index is 6.30. The minimum Gasteiger partial charge on any atom is -0.382 e. The molecule has 3 aromatic rings. The topological polar surface area (TPSA) is 43.8 Å². The Morgan fingerprint density at radius 2 is 1.57 bits per heavy atom. The highest BCUT2D eigenvalue weighted by Gasteiger charge is 2.17. The minimum absolute atomic E-state index is 0. The van der Waals surface area contributed by atoms with Crippen LogP contribution in [0.5, 0.6) is 0 Å². The predicted molar refractivity (Wildman–Crippen MR) is 100 cm³/mol. The van der Waals surface area contributed by atoms with E-state index >= 15 is 0 Å². The summed E-state index contributed by atoms with van der Waals surface area (Å²) in [5.74, 6) is 0.455. The van der Waals surface area contributed by atoms with Gasteiger partial charge in [0.2, 0.25) is 0 Å². The Morgan fingerprint density at radius 3 is 2.17 bits per heavy atom. The average molecular weight is 389 g/mol. The van der Waals surface area contributed by atoms with Gasteiger partial charge in [-0.2, -0.15) is 0 Å². The van der Waals surface area contributed by atoms with Gasteiger partial charge >= 0.3 is 0 Å². The molecule has 0 amide bonds. The summed E-state index contributed by atoms with van der Waals surface area (Å²) in [4.78, 5) is 0. The van der Waals surface area contributed by atoms with Crippen LogP contribution in [-0.4, -0.2) is 9.78 Å². The summed E-state index contributed by atoms with van der Waals surface area (Å²) in [5, 5.41) is 6.15. The standard InChI is InChI=1S/C16H12Cl3N3.ClH/c1-9-15(10-2-4-11(17)5-3-10)22(21-16(9)20)14-7-6-12(18)8-13(14)19;/h2-8H,1H3,(H2,20,21);1H. The van der Waals surface area contributed by atoms with Crippen molar-refractivity contribution in [3.05, 3.63) is 63.1 Å². The molecular formula is C16H13Cl4N3. The van der Waals surface area contributed by atoms with Gasteiger partial charge in [-0.25, -0.2) is 4.68 Å². The molecule has 2 N–H and O–H groups in total. The van der Waals surface area contributed by atoms with Crippen LogP contribution in [0.3, 0.4) is 0 Å². The lowest BCUT2D eigenvalue weighted by molar-refractivity contribution is 0.893. The second-order valence-electron chi connectivity index (χ2n) is 4.87. The third-order valence-corrected chi connectivity index (χ3v) is 4.20. The van der Waals surface area contributed by atoms with Crippen LogP contribution in [0.1, 0.15) is 5.56 Å². The quantitative estimate of drug-likeness (QED) is 0.601. The van der Waals surface area contributed by atoms with Crippen LogP contribution < -0.4 is 5.73 Å². The molecule has 1 heterocycles. The van der Waals surface area contributed by atoms with Gasteiger partial charge in [-0.05, 0) is 37.3 Å². The number of benzene rings is 2. The van der Waals surface area contributed by atoms with Gasteiger partial charge in [0, 0.05) is 21.2 Å². The summed E-state index contributed by atoms with van der Waals surface area (Å²) < 4.78 is 1.73. The largest absolute Gasteiger partial charge is 0.382 e. The average Bonchev–Trinajstić information content (AvgIpc) is 2.76. The molecule has 0 saturated heterocycles. The van der Waals surface area contributed by atoms with E-state index < -0.39 is 0 Å². The third kappa shape index (κ3) is 3.43. The molecule has 0 aliphatic rings. The van der Waals surface area contributed by atoms with E-state index in [1.165, 1.54) is 0 Å². The fourth-order valence-corrected chi connectivity index (χ4v) is 2.90. The lowest BCUT2D eigenvalue weighted by Gasteiger charge is -2.10. The van der Waals surface area contributed by atoms with Gasteiger partial charge in [0.15, 0.2) is 0 Å². The van der Waals surface area contributed by atoms with Crippen molar-refractivity contribution < 1.29 is 0 Å². The summed E-state index contributed by atoms with van der Waals surface area (Å²) in [7, 11) is 0. The minimum atomic E-state index is 0. The number of nitrogens with two attached hydrogens (primary N) is 1. The zero-order valence-corrected chi connectivity index (χ0v) is 15.1. The van der Waals surface area contributed by atoms with Crippen molar-refractivity contribution in [1.29, 1.82) is 0 Å². The zero-order valence-electron chi connectivity index (χ0n) is 12.1. The Labute approximate surface area is 155 Å². The molecule has 0 fully saturated rings. The molecule has 1 aromatic heterocycles. The molecule has 0 bridgehead atoms. The Balaban J connectivity index is 0.00000192. The van der Waals surface area contributed by atoms with Crippen molar-refractivity contribution in [2.45, 2.75) is 6.92 Å². The van der Waals surface area contributed by atoms with Crippen LogP contribution in [0.4, 0.5) is 5.82 Å². The number of anilines is 1. The van der Waals surface area contributed by atoms with Gasteiger partial charge in [-0.3, -0.25) is 0 Å². The molecule has 0 unspecified atom stereocenters. The van der Waals surface area contributed by atoms with Gasteiger partial charge < -0.3 is 5.73 Å². The molecule has 0 aliphatic heterocycles. The monoisotopic (exact) mass is 387 g/mol. The van der Waals surface area contributed by atoms with Gasteiger partial charge in [0.25, 0.3) is 0 Å². The molecule has 0 radical (unpaired) electrons. The van der Waals surface area contributed by atoms with Gasteiger partial charge in [0.1, 0.15) is 5.82 Å². The van der Waals surface area contributed by atoms with Crippen LogP contribution in [0.2, 0.25) is 15.1 Å². The maximum Gasteiger partial charge on any atom is 0.149 e. The van der Waals surface area contributed by atoms with Crippen molar-refractivity contribution in [3.63, 3.8) is 0 Å². The molecule has 0 spiro atoms. The lowest BCUT2D eigenvalue weighted by Crippen LogP contribution is -2.01. The Hall–Kier alpha value is -1.39. The van der Waals surface area contributed by atoms with Gasteiger partial charge in [-0.15, -0.1) is 17.5 Å². The van der Waals surface area contributed by atoms with E-state index in [1.54, 1.807) is 16.8 Å². The van der Waals surface area contributed by atoms with E-state index in [-0.39, 0.29) is 12.4 Å². The molecule has 0 atom stereocenters. The molecule has 3 rings (SSSR count). The predicted octanol–water partition coefficient (Wildman–Crippen LogP) is 5.81. The summed E-state index contributed by atoms with van der Waals surface area (Å²) in [5.41, 5.74) is 9.43. The first-order valence-corrected chi connectivity index (χ1v) is 7.67. The van der Waals surface area contributed by atoms with Crippen molar-refractivity contribution in [1.82, 2.24) is 9.78 Å². The maximum absolute atomic E-state index is 6.30. The fraction of sp³-hybridized carbons (Fsp3) is 0.0625. The van der Waals surface area contributed by atoms with Crippen LogP contribution >= 0.6 is 47.2 Å². The molecule has 0 saturated carbocycles. The number of nitrogen functional groups attached to an aromatic ring is 1. The number of hydrogen-bond acceptors (Lipinski definition) is 2. The van der Waals surface area contributed by atoms with Crippen LogP contribution in [-0.2, 0) is 0 Å². The van der Waals surface area contributed by atoms with Gasteiger partial charge in [-0.1, -0.05) is 46.9 Å². The Kier molecular flexibility index (Phi) is 5.48. The Bertz CT molecular complexity index is 841. The highest BCUT2D eigenvalue weighted by Crippen LogP contribution is 2.33. The summed E-state index contributed by atoms with van der Waals surface area (Å²) in [6.45, 7) is 1.92. The molecular weight excluding hydrogens is 376 g/mol. The van der Waals surface area contributed by atoms with Crippen LogP contribution in [0, 0.1) is 6.92 Å². The number of halogens is 4. The normalized spacial score (nSPS) is 10.4. The zero-order chi connectivity index (χ0) is 15.9. The molecule has 7 heteroatoms. The first-order valence-electron chi connectivity index (χ1n) is 6.54. The number of rotatable bonds is 2. The summed E-state index contributed by atoms with van der Waals surface area (Å²) in [6.07, 6.45) is 0. The number of nitrogens with zero attached hydrogens (tertiary/aromatic N) is 2. The highest BCUT2D eigenvalue weighted by molar-refractivity contribution is 6.35. The second-order valence-corrected chi connectivity index (χ2v) is 6.15. The summed E-state index contributed by atoms with van der Waals surface area (Å²) in [6, 6.07) is 12.8. The lowest BCUT2D eigenvalue weighted by atomic mass is 10.1. The van der Waals surface area contributed by atoms with Crippen LogP contribution in [0.15, 0.2) is 42.5 Å². The molecule has 2 aromatic carbocycles. The Morgan fingerprint density at radius 1 is 0.957 bits per heavy atom. The fourth-order valence-electron chi connectivity index (χ4n) is 2.29. The van der Waals surface area contributed by atoms with Crippen molar-refractivity contribution in [2.24, 2.45) is 0 Å². The summed E-state index contributed by atoms with van der Waals surface area (Å²) >= 11 is 18.2. The van der Waals surface area contributed by atoms with E-state index in [0.29, 0.717) is 20.9 Å². The smallest absolute Gasteiger partial charge is 0.149 e. The van der Waals surface area contributed by atoms with Gasteiger partial charge in [0.05, 0.1) is 16.4 Å². The first-order chi connectivity index (χ1) is 10.5. The van der Waals surface area contributed by atoms with E-state index in [0.717, 1.165) is 22.5 Å². The van der Waals surface area contributed by atoms with Crippen LogP contribution in [0.25, 0.3) is 16.9 Å². The number of aromatic nitrogens is 2. The van der Waals surface area contributed by atoms with E-state index in [1.807, 2.05) is 37.3 Å². The molecule has 0 aliphatic carbocycles. The van der Waals surface area contributed by atoms with Crippen molar-refractivity contribution in [2.75, 3.05) is 5.73 Å². The number of hydrogen-bond donors (Lipinski definition) is 1. The van der Waals surface area contributed by atoms with E-state index in [4.69, 9.17) is 40.5 Å². The second kappa shape index (κ2) is 7.02. The van der Waals surface area contributed by atoms with E-state index in [2.05, 4.69) is 5.10 Å². The molecule has 23 heavy (non-hydrogen) atoms. The third-order valence-electron chi connectivity index (χ3n) is 3.41. The van der Waals surface area contributed by atoms with E-state index in [9.17, 15) is 0 Å². The first kappa shape index (κ1) is 18.0. The highest BCUT2D eigenvalue weighted by atomic mass is 35.5. The van der Waals surface area contributed by atoms with Crippen molar-refractivity contribution in [3.8, 4) is 16.9 Å². The van der Waals surface area contributed by atoms with Crippen molar-refractivity contribution >= 4 is 53.0 Å². The molecule has 3 nitrogen and oxygen atoms in total. The SMILES string of the molecule is Cc1c(N)nn(-c2ccc(Cl)cc2Cl)c1-c1ccc(Cl)cc1.Cl.